The van der Waals surface area contributed by atoms with E-state index in [0.29, 0.717) is 60.4 Å². The highest BCUT2D eigenvalue weighted by atomic mass is 19.4. The zero-order chi connectivity index (χ0) is 38.5. The van der Waals surface area contributed by atoms with Crippen molar-refractivity contribution in [1.29, 1.82) is 0 Å². The number of halogens is 6. The number of nitrogens with zero attached hydrogens (tertiary/aromatic N) is 1. The van der Waals surface area contributed by atoms with Gasteiger partial charge in [0.1, 0.15) is 35.1 Å². The fourth-order valence-electron chi connectivity index (χ4n) is 6.08. The number of urea groups is 1. The van der Waals surface area contributed by atoms with E-state index >= 15 is 0 Å². The molecule has 3 N–H and O–H groups in total. The van der Waals surface area contributed by atoms with Crippen LogP contribution >= 0.6 is 0 Å². The van der Waals surface area contributed by atoms with Crippen LogP contribution in [0.2, 0.25) is 0 Å². The van der Waals surface area contributed by atoms with Crippen molar-refractivity contribution in [2.75, 3.05) is 20.3 Å². The van der Waals surface area contributed by atoms with Gasteiger partial charge < -0.3 is 29.7 Å². The van der Waals surface area contributed by atoms with E-state index < -0.39 is 41.0 Å². The van der Waals surface area contributed by atoms with Crippen molar-refractivity contribution in [1.82, 2.24) is 10.2 Å². The summed E-state index contributed by atoms with van der Waals surface area (Å²) >= 11 is 0. The molecule has 1 saturated heterocycles. The molecular formula is C37H42F6N2O7. The number of benzene rings is 3. The predicted molar refractivity (Wildman–Crippen MR) is 178 cm³/mol. The Balaban J connectivity index is 1.39. The fourth-order valence-corrected chi connectivity index (χ4v) is 6.08. The van der Waals surface area contributed by atoms with Crippen LogP contribution in [-0.2, 0) is 35.4 Å². The maximum absolute atomic E-state index is 13.7. The first-order chi connectivity index (χ1) is 24.4. The number of carbonyl (C=O) groups excluding carboxylic acids is 2. The molecule has 15 heteroatoms. The smallest absolute Gasteiger partial charge is 0.430 e. The molecule has 284 valence electrons. The number of alkyl halides is 6. The summed E-state index contributed by atoms with van der Waals surface area (Å²) in [5.41, 5.74) is -6.32. The Hall–Kier alpha value is -4.66. The van der Waals surface area contributed by atoms with Crippen LogP contribution in [-0.4, -0.2) is 59.7 Å². The van der Waals surface area contributed by atoms with Crippen molar-refractivity contribution >= 4 is 11.9 Å². The van der Waals surface area contributed by atoms with Crippen LogP contribution in [0.15, 0.2) is 54.6 Å². The Morgan fingerprint density at radius 1 is 0.827 bits per heavy atom. The Labute approximate surface area is 297 Å². The first-order valence-electron chi connectivity index (χ1n) is 16.8. The maximum Gasteiger partial charge on any atom is 0.430 e. The molecule has 0 saturated carbocycles. The largest absolute Gasteiger partial charge is 0.508 e. The minimum atomic E-state index is -6.02. The van der Waals surface area contributed by atoms with Crippen molar-refractivity contribution < 1.29 is 60.4 Å². The second-order valence-corrected chi connectivity index (χ2v) is 12.7. The summed E-state index contributed by atoms with van der Waals surface area (Å²) in [5, 5.41) is 22.6. The van der Waals surface area contributed by atoms with Gasteiger partial charge in [0.05, 0.1) is 13.7 Å². The lowest BCUT2D eigenvalue weighted by molar-refractivity contribution is -0.376. The van der Waals surface area contributed by atoms with Crippen LogP contribution in [0.25, 0.3) is 0 Å². The number of aromatic hydroxyl groups is 1. The van der Waals surface area contributed by atoms with Gasteiger partial charge in [-0.2, -0.15) is 26.3 Å². The number of methoxy groups -OCH3 is 1. The summed E-state index contributed by atoms with van der Waals surface area (Å²) in [4.78, 5) is 27.4. The average Bonchev–Trinajstić information content (AvgIpc) is 3.30. The minimum absolute atomic E-state index is 0.00729. The summed E-state index contributed by atoms with van der Waals surface area (Å²) < 4.78 is 99.0. The molecule has 9 nitrogen and oxygen atoms in total. The van der Waals surface area contributed by atoms with Crippen LogP contribution in [0.1, 0.15) is 74.3 Å². The van der Waals surface area contributed by atoms with Crippen molar-refractivity contribution in [2.45, 2.75) is 89.4 Å². The third-order valence-corrected chi connectivity index (χ3v) is 8.84. The number of ether oxygens (including phenoxy) is 3. The quantitative estimate of drug-likeness (QED) is 0.0779. The molecular weight excluding hydrogens is 698 g/mol. The van der Waals surface area contributed by atoms with Gasteiger partial charge in [0, 0.05) is 18.2 Å². The number of hydrogen-bond acceptors (Lipinski definition) is 7. The second-order valence-electron chi connectivity index (χ2n) is 12.7. The van der Waals surface area contributed by atoms with E-state index in [0.717, 1.165) is 4.90 Å². The number of aryl methyl sites for hydroxylation is 2. The monoisotopic (exact) mass is 740 g/mol. The van der Waals surface area contributed by atoms with E-state index in [2.05, 4.69) is 5.32 Å². The second kappa shape index (κ2) is 15.9. The van der Waals surface area contributed by atoms with Gasteiger partial charge >= 0.3 is 18.4 Å². The number of phenolic OH excluding ortho intramolecular Hbond substituents is 1. The molecule has 1 aliphatic heterocycles. The number of phenols is 1. The van der Waals surface area contributed by atoms with Crippen LogP contribution in [0.5, 0.6) is 23.0 Å². The molecule has 1 unspecified atom stereocenters. The number of aliphatic hydroxyl groups is 1. The zero-order valence-corrected chi connectivity index (χ0v) is 29.2. The van der Waals surface area contributed by atoms with Gasteiger partial charge in [-0.15, -0.1) is 0 Å². The summed E-state index contributed by atoms with van der Waals surface area (Å²) in [7, 11) is 1.48. The highest BCUT2D eigenvalue weighted by Gasteiger charge is 2.71. The topological polar surface area (TPSA) is 118 Å². The summed E-state index contributed by atoms with van der Waals surface area (Å²) in [6.07, 6.45) is -10.4. The fraction of sp³-hybridized carbons (Fsp3) is 0.459. The lowest BCUT2D eigenvalue weighted by atomic mass is 9.87. The lowest BCUT2D eigenvalue weighted by Crippen LogP contribution is -2.54. The number of unbranched alkanes of at least 4 members (excludes halogenated alkanes) is 1. The SMILES string of the molecule is CCCc1cc(C(O)(C(F)(F)F)C(F)(F)F)cc(CCC)c1OCCCCN1C(=O)NC(C)(c2ccc(OCc3cc(O)cc(OC)c3)cc2)C1=O. The Morgan fingerprint density at radius 2 is 1.42 bits per heavy atom. The normalized spacial score (nSPS) is 16.6. The van der Waals surface area contributed by atoms with Crippen molar-refractivity contribution in [3.63, 3.8) is 0 Å². The Bertz CT molecular complexity index is 1690. The van der Waals surface area contributed by atoms with Gasteiger partial charge in [-0.1, -0.05) is 38.8 Å². The van der Waals surface area contributed by atoms with Gasteiger partial charge in [-0.05, 0) is 91.3 Å². The summed E-state index contributed by atoms with van der Waals surface area (Å²) in [6.45, 7) is 5.18. The third kappa shape index (κ3) is 8.35. The molecule has 0 radical (unpaired) electrons. The van der Waals surface area contributed by atoms with E-state index in [-0.39, 0.29) is 55.2 Å². The lowest BCUT2D eigenvalue weighted by Gasteiger charge is -2.33. The van der Waals surface area contributed by atoms with E-state index in [9.17, 15) is 46.1 Å². The molecule has 1 aliphatic rings. The van der Waals surface area contributed by atoms with Crippen molar-refractivity contribution in [2.24, 2.45) is 0 Å². The Morgan fingerprint density at radius 3 is 1.96 bits per heavy atom. The molecule has 0 bridgehead atoms. The van der Waals surface area contributed by atoms with E-state index in [1.165, 1.54) is 13.2 Å². The minimum Gasteiger partial charge on any atom is -0.508 e. The van der Waals surface area contributed by atoms with Gasteiger partial charge in [-0.25, -0.2) is 4.79 Å². The molecule has 52 heavy (non-hydrogen) atoms. The molecule has 1 atom stereocenters. The van der Waals surface area contributed by atoms with E-state index in [4.69, 9.17) is 14.2 Å². The first-order valence-corrected chi connectivity index (χ1v) is 16.8. The zero-order valence-electron chi connectivity index (χ0n) is 29.2. The highest BCUT2D eigenvalue weighted by molar-refractivity contribution is 6.07. The molecule has 3 aromatic carbocycles. The Kier molecular flexibility index (Phi) is 12.3. The number of imide groups is 1. The summed E-state index contributed by atoms with van der Waals surface area (Å²) in [5.74, 6) is 0.669. The van der Waals surface area contributed by atoms with Gasteiger partial charge in [0.2, 0.25) is 0 Å². The molecule has 0 aliphatic carbocycles. The van der Waals surface area contributed by atoms with Gasteiger partial charge in [0.15, 0.2) is 0 Å². The summed E-state index contributed by atoms with van der Waals surface area (Å²) in [6, 6.07) is 12.2. The molecule has 0 spiro atoms. The molecule has 4 rings (SSSR count). The van der Waals surface area contributed by atoms with Crippen molar-refractivity contribution in [3.05, 3.63) is 82.4 Å². The molecule has 1 fully saturated rings. The standard InChI is InChI=1S/C37H42F6N2O7/c1-5-9-24-19-27(35(49,36(38,39)40)37(41,42)43)20-25(10-6-2)31(24)51-16-8-7-15-45-32(47)34(3,44-33(45)48)26-11-13-29(14-12-26)52-22-23-17-28(46)21-30(18-23)50-4/h11-14,17-21,46,49H,5-10,15-16,22H2,1-4H3,(H,44,48). The van der Waals surface area contributed by atoms with Crippen LogP contribution in [0, 0.1) is 0 Å². The van der Waals surface area contributed by atoms with Crippen LogP contribution in [0.3, 0.4) is 0 Å². The highest BCUT2D eigenvalue weighted by Crippen LogP contribution is 2.51. The molecule has 3 aromatic rings. The first kappa shape index (κ1) is 40.1. The maximum atomic E-state index is 13.7. The number of rotatable bonds is 16. The van der Waals surface area contributed by atoms with Crippen LogP contribution in [0.4, 0.5) is 31.1 Å². The van der Waals surface area contributed by atoms with Crippen molar-refractivity contribution in [3.8, 4) is 23.0 Å². The third-order valence-electron chi connectivity index (χ3n) is 8.84. The number of hydrogen-bond donors (Lipinski definition) is 3. The van der Waals surface area contributed by atoms with Gasteiger partial charge in [0.25, 0.3) is 11.5 Å². The number of nitrogens with one attached hydrogen (secondary N) is 1. The molecule has 3 amide bonds. The van der Waals surface area contributed by atoms with E-state index in [1.54, 1.807) is 57.2 Å². The molecule has 0 aromatic heterocycles. The number of carbonyl (C=O) groups is 2. The average molecular weight is 741 g/mol. The van der Waals surface area contributed by atoms with Gasteiger partial charge in [-0.3, -0.25) is 9.69 Å². The van der Waals surface area contributed by atoms with E-state index in [1.807, 2.05) is 0 Å². The number of amides is 3. The predicted octanol–water partition coefficient (Wildman–Crippen LogP) is 7.82. The molecule has 1 heterocycles. The van der Waals surface area contributed by atoms with Crippen LogP contribution < -0.4 is 19.5 Å².